The Morgan fingerprint density at radius 2 is 1.58 bits per heavy atom. The fourth-order valence-electron chi connectivity index (χ4n) is 4.09. The molecule has 1 unspecified atom stereocenters. The highest BCUT2D eigenvalue weighted by atomic mass is 15.3. The third kappa shape index (κ3) is 3.28. The zero-order valence-corrected chi connectivity index (χ0v) is 15.5. The first-order valence-electron chi connectivity index (χ1n) is 9.66. The summed E-state index contributed by atoms with van der Waals surface area (Å²) in [5, 5.41) is 0. The molecule has 0 aliphatic carbocycles. The highest BCUT2D eigenvalue weighted by Crippen LogP contribution is 2.33. The van der Waals surface area contributed by atoms with Crippen molar-refractivity contribution in [1.82, 2.24) is 9.97 Å². The van der Waals surface area contributed by atoms with Crippen LogP contribution in [0.1, 0.15) is 26.2 Å². The minimum atomic E-state index is 0.490. The zero-order chi connectivity index (χ0) is 17.9. The average Bonchev–Trinajstić information content (AvgIpc) is 2.70. The molecule has 2 aliphatic rings. The quantitative estimate of drug-likeness (QED) is 0.916. The van der Waals surface area contributed by atoms with Crippen molar-refractivity contribution in [3.63, 3.8) is 0 Å². The number of aromatic nitrogens is 2. The lowest BCUT2D eigenvalue weighted by Crippen LogP contribution is -2.47. The van der Waals surface area contributed by atoms with E-state index >= 15 is 0 Å². The van der Waals surface area contributed by atoms with Crippen LogP contribution < -0.4 is 20.4 Å². The summed E-state index contributed by atoms with van der Waals surface area (Å²) in [6.45, 7) is 7.09. The fraction of sp³-hybridized carbons (Fsp3) is 0.500. The second kappa shape index (κ2) is 7.40. The number of hydrogen-bond acceptors (Lipinski definition) is 6. The van der Waals surface area contributed by atoms with Crippen LogP contribution in [-0.4, -0.2) is 48.7 Å². The molecule has 1 atom stereocenters. The average molecular weight is 352 g/mol. The topological polar surface area (TPSA) is 61.5 Å². The van der Waals surface area contributed by atoms with Crippen molar-refractivity contribution in [1.29, 1.82) is 0 Å². The molecule has 6 heteroatoms. The first-order chi connectivity index (χ1) is 12.7. The molecule has 3 heterocycles. The molecule has 0 saturated carbocycles. The third-order valence-electron chi connectivity index (χ3n) is 5.62. The normalized spacial score (nSPS) is 21.1. The van der Waals surface area contributed by atoms with Crippen LogP contribution in [-0.2, 0) is 0 Å². The molecule has 138 valence electrons. The summed E-state index contributed by atoms with van der Waals surface area (Å²) in [5.41, 5.74) is 8.54. The van der Waals surface area contributed by atoms with E-state index in [9.17, 15) is 0 Å². The molecule has 2 saturated heterocycles. The zero-order valence-electron chi connectivity index (χ0n) is 15.5. The molecule has 2 aliphatic heterocycles. The molecule has 1 aromatic carbocycles. The van der Waals surface area contributed by atoms with E-state index in [1.54, 1.807) is 6.33 Å². The van der Waals surface area contributed by atoms with Gasteiger partial charge in [0.05, 0.1) is 0 Å². The Balaban J connectivity index is 1.49. The number of benzene rings is 1. The molecule has 1 aromatic heterocycles. The van der Waals surface area contributed by atoms with Crippen LogP contribution in [0.3, 0.4) is 0 Å². The number of rotatable bonds is 3. The number of nitrogens with two attached hydrogens (primary N) is 1. The van der Waals surface area contributed by atoms with Gasteiger partial charge in [-0.15, -0.1) is 0 Å². The van der Waals surface area contributed by atoms with E-state index < -0.39 is 0 Å². The van der Waals surface area contributed by atoms with Gasteiger partial charge in [0.15, 0.2) is 11.6 Å². The highest BCUT2D eigenvalue weighted by Gasteiger charge is 2.26. The predicted molar refractivity (Wildman–Crippen MR) is 108 cm³/mol. The Morgan fingerprint density at radius 3 is 2.31 bits per heavy atom. The maximum Gasteiger partial charge on any atom is 0.157 e. The van der Waals surface area contributed by atoms with Crippen molar-refractivity contribution in [2.45, 2.75) is 32.2 Å². The van der Waals surface area contributed by atoms with Gasteiger partial charge in [-0.3, -0.25) is 0 Å². The Bertz CT molecular complexity index is 726. The first kappa shape index (κ1) is 16.9. The van der Waals surface area contributed by atoms with E-state index in [1.165, 1.54) is 24.9 Å². The van der Waals surface area contributed by atoms with E-state index in [4.69, 9.17) is 5.73 Å². The second-order valence-corrected chi connectivity index (χ2v) is 7.28. The minimum absolute atomic E-state index is 0.490. The molecule has 26 heavy (non-hydrogen) atoms. The Kier molecular flexibility index (Phi) is 4.82. The van der Waals surface area contributed by atoms with Gasteiger partial charge in [-0.05, 0) is 38.3 Å². The van der Waals surface area contributed by atoms with Crippen LogP contribution in [0.2, 0.25) is 0 Å². The van der Waals surface area contributed by atoms with Gasteiger partial charge in [-0.25, -0.2) is 9.97 Å². The summed E-state index contributed by atoms with van der Waals surface area (Å²) in [6, 6.07) is 11.1. The second-order valence-electron chi connectivity index (χ2n) is 7.28. The van der Waals surface area contributed by atoms with Crippen LogP contribution in [0.5, 0.6) is 0 Å². The molecule has 0 radical (unpaired) electrons. The molecule has 0 bridgehead atoms. The molecule has 0 spiro atoms. The van der Waals surface area contributed by atoms with Crippen LogP contribution >= 0.6 is 0 Å². The monoisotopic (exact) mass is 352 g/mol. The van der Waals surface area contributed by atoms with Crippen LogP contribution in [0.4, 0.5) is 23.0 Å². The van der Waals surface area contributed by atoms with Crippen molar-refractivity contribution < 1.29 is 0 Å². The van der Waals surface area contributed by atoms with Crippen LogP contribution in [0.15, 0.2) is 36.7 Å². The third-order valence-corrected chi connectivity index (χ3v) is 5.62. The van der Waals surface area contributed by atoms with Gasteiger partial charge < -0.3 is 20.4 Å². The van der Waals surface area contributed by atoms with Gasteiger partial charge >= 0.3 is 0 Å². The summed E-state index contributed by atoms with van der Waals surface area (Å²) in [4.78, 5) is 16.1. The number of piperazine rings is 1. The van der Waals surface area contributed by atoms with Gasteiger partial charge in [0.25, 0.3) is 0 Å². The van der Waals surface area contributed by atoms with Crippen molar-refractivity contribution in [3.8, 4) is 0 Å². The summed E-state index contributed by atoms with van der Waals surface area (Å²) in [7, 11) is 0. The van der Waals surface area contributed by atoms with E-state index in [0.29, 0.717) is 6.04 Å². The molecule has 0 amide bonds. The van der Waals surface area contributed by atoms with Crippen molar-refractivity contribution in [2.24, 2.45) is 0 Å². The Morgan fingerprint density at radius 1 is 0.885 bits per heavy atom. The van der Waals surface area contributed by atoms with E-state index in [2.05, 4.69) is 61.9 Å². The number of nitrogen functional groups attached to an aromatic ring is 1. The first-order valence-corrected chi connectivity index (χ1v) is 9.66. The molecular formula is C20H28N6. The number of piperidine rings is 1. The largest absolute Gasteiger partial charge is 0.393 e. The molecule has 4 rings (SSSR count). The summed E-state index contributed by atoms with van der Waals surface area (Å²) < 4.78 is 0. The number of nitrogens with zero attached hydrogens (tertiary/aromatic N) is 5. The SMILES string of the molecule is CC1CCCCN1c1ncnc(N2CCN(c3ccccc3)CC2)c1N. The molecule has 2 N–H and O–H groups in total. The van der Waals surface area contributed by atoms with Crippen molar-refractivity contribution >= 4 is 23.0 Å². The van der Waals surface area contributed by atoms with Gasteiger partial charge in [0.2, 0.25) is 0 Å². The van der Waals surface area contributed by atoms with Gasteiger partial charge in [0.1, 0.15) is 12.0 Å². The van der Waals surface area contributed by atoms with E-state index in [1.807, 2.05) is 0 Å². The fourth-order valence-corrected chi connectivity index (χ4v) is 4.09. The summed E-state index contributed by atoms with van der Waals surface area (Å²) in [5.74, 6) is 1.80. The summed E-state index contributed by atoms with van der Waals surface area (Å²) in [6.07, 6.45) is 5.37. The lowest BCUT2D eigenvalue weighted by atomic mass is 10.0. The van der Waals surface area contributed by atoms with E-state index in [0.717, 1.165) is 50.0 Å². The maximum atomic E-state index is 6.53. The predicted octanol–water partition coefficient (Wildman–Crippen LogP) is 2.76. The number of hydrogen-bond donors (Lipinski definition) is 1. The minimum Gasteiger partial charge on any atom is -0.393 e. The van der Waals surface area contributed by atoms with Crippen molar-refractivity contribution in [3.05, 3.63) is 36.7 Å². The summed E-state index contributed by atoms with van der Waals surface area (Å²) >= 11 is 0. The Labute approximate surface area is 155 Å². The molecule has 6 nitrogen and oxygen atoms in total. The van der Waals surface area contributed by atoms with Crippen LogP contribution in [0, 0.1) is 0 Å². The maximum absolute atomic E-state index is 6.53. The number of para-hydroxylation sites is 1. The molecule has 2 aromatic rings. The van der Waals surface area contributed by atoms with Crippen molar-refractivity contribution in [2.75, 3.05) is 53.2 Å². The standard InChI is InChI=1S/C20H28N6/c1-16-7-5-6-10-26(16)20-18(21)19(22-15-23-20)25-13-11-24(12-14-25)17-8-3-2-4-9-17/h2-4,8-9,15-16H,5-7,10-14,21H2,1H3. The molecule has 2 fully saturated rings. The highest BCUT2D eigenvalue weighted by molar-refractivity contribution is 5.76. The molecular weight excluding hydrogens is 324 g/mol. The Hall–Kier alpha value is -2.50. The van der Waals surface area contributed by atoms with Gasteiger partial charge in [0, 0.05) is 44.5 Å². The van der Waals surface area contributed by atoms with Crippen LogP contribution in [0.25, 0.3) is 0 Å². The lowest BCUT2D eigenvalue weighted by molar-refractivity contribution is 0.481. The smallest absolute Gasteiger partial charge is 0.157 e. The lowest BCUT2D eigenvalue weighted by Gasteiger charge is -2.38. The van der Waals surface area contributed by atoms with Gasteiger partial charge in [-0.2, -0.15) is 0 Å². The number of anilines is 4. The van der Waals surface area contributed by atoms with Gasteiger partial charge in [-0.1, -0.05) is 18.2 Å². The van der Waals surface area contributed by atoms with E-state index in [-0.39, 0.29) is 0 Å².